The van der Waals surface area contributed by atoms with Gasteiger partial charge in [0.1, 0.15) is 11.8 Å². The number of rotatable bonds is 27. The van der Waals surface area contributed by atoms with Crippen molar-refractivity contribution in [2.45, 2.75) is 129 Å². The van der Waals surface area contributed by atoms with Crippen LogP contribution in [0.15, 0.2) is 54.6 Å². The van der Waals surface area contributed by atoms with Gasteiger partial charge in [0.15, 0.2) is 0 Å². The summed E-state index contributed by atoms with van der Waals surface area (Å²) in [5, 5.41) is 26.9. The lowest BCUT2D eigenvalue weighted by Gasteiger charge is -2.41. The van der Waals surface area contributed by atoms with Gasteiger partial charge in [0.2, 0.25) is 5.91 Å². The van der Waals surface area contributed by atoms with E-state index >= 15 is 0 Å². The van der Waals surface area contributed by atoms with E-state index in [0.717, 1.165) is 50.9 Å². The molecular weight excluding hydrogens is 731 g/mol. The summed E-state index contributed by atoms with van der Waals surface area (Å²) in [5.74, 6) is 0.643. The molecule has 2 aromatic rings. The zero-order valence-corrected chi connectivity index (χ0v) is 37.7. The second-order valence-corrected chi connectivity index (χ2v) is 17.7. The first-order chi connectivity index (χ1) is 27.6. The summed E-state index contributed by atoms with van der Waals surface area (Å²) in [6, 6.07) is 17.0. The predicted molar refractivity (Wildman–Crippen MR) is 235 cm³/mol. The van der Waals surface area contributed by atoms with Crippen LogP contribution in [-0.2, 0) is 31.9 Å². The molecule has 0 saturated carbocycles. The summed E-state index contributed by atoms with van der Waals surface area (Å²) < 4.78 is 12.3. The number of phenolic OH excluding ortho intramolecular Hbond substituents is 1. The van der Waals surface area contributed by atoms with E-state index in [9.17, 15) is 19.8 Å². The first kappa shape index (κ1) is 49.3. The van der Waals surface area contributed by atoms with E-state index in [0.29, 0.717) is 49.1 Å². The summed E-state index contributed by atoms with van der Waals surface area (Å²) in [5.41, 5.74) is 2.19. The molecule has 4 N–H and O–H groups in total. The number of nitrogens with zero attached hydrogens (tertiary/aromatic N) is 3. The van der Waals surface area contributed by atoms with Gasteiger partial charge in [-0.3, -0.25) is 14.5 Å². The van der Waals surface area contributed by atoms with E-state index in [1.165, 1.54) is 5.56 Å². The Balaban J connectivity index is 1.66. The van der Waals surface area contributed by atoms with Crippen LogP contribution < -0.4 is 10.6 Å². The largest absolute Gasteiger partial charge is 0.508 e. The number of aromatic hydroxyl groups is 1. The molecule has 0 aromatic heterocycles. The predicted octanol–water partition coefficient (Wildman–Crippen LogP) is 6.18. The molecule has 328 valence electrons. The summed E-state index contributed by atoms with van der Waals surface area (Å²) in [6.45, 7) is 19.5. The molecule has 11 nitrogen and oxygen atoms in total. The molecule has 9 atom stereocenters. The molecule has 1 heterocycles. The minimum Gasteiger partial charge on any atom is -0.508 e. The number of phenols is 1. The molecule has 1 aliphatic rings. The van der Waals surface area contributed by atoms with Gasteiger partial charge in [-0.05, 0) is 86.7 Å². The highest BCUT2D eigenvalue weighted by molar-refractivity contribution is 5.77. The Labute approximate surface area is 351 Å². The van der Waals surface area contributed by atoms with Crippen LogP contribution in [0.2, 0.25) is 0 Å². The third-order valence-corrected chi connectivity index (χ3v) is 12.8. The highest BCUT2D eigenvalue weighted by Gasteiger charge is 2.40. The molecule has 1 fully saturated rings. The number of carboxylic acids is 1. The number of aliphatic carboxylic acids is 1. The van der Waals surface area contributed by atoms with Gasteiger partial charge >= 0.3 is 5.97 Å². The smallest absolute Gasteiger partial charge is 0.321 e. The number of carboxylic acid groups (broad SMARTS) is 1. The molecule has 2 aromatic carbocycles. The van der Waals surface area contributed by atoms with Crippen molar-refractivity contribution < 1.29 is 29.3 Å². The minimum atomic E-state index is -0.879. The Morgan fingerprint density at radius 1 is 0.862 bits per heavy atom. The van der Waals surface area contributed by atoms with Crippen LogP contribution in [-0.4, -0.2) is 140 Å². The van der Waals surface area contributed by atoms with Crippen LogP contribution in [0.5, 0.6) is 5.75 Å². The second-order valence-electron chi connectivity index (χ2n) is 17.7. The highest BCUT2D eigenvalue weighted by atomic mass is 16.5. The molecular formula is C47H79N5O6. The van der Waals surface area contributed by atoms with E-state index in [4.69, 9.17) is 9.47 Å². The van der Waals surface area contributed by atoms with E-state index in [1.807, 2.05) is 47.4 Å². The van der Waals surface area contributed by atoms with Crippen LogP contribution in [0.25, 0.3) is 0 Å². The lowest BCUT2D eigenvalue weighted by molar-refractivity contribution is -0.140. The Morgan fingerprint density at radius 2 is 1.53 bits per heavy atom. The van der Waals surface area contributed by atoms with Gasteiger partial charge in [0, 0.05) is 65.1 Å². The summed E-state index contributed by atoms with van der Waals surface area (Å²) in [4.78, 5) is 33.3. The summed E-state index contributed by atoms with van der Waals surface area (Å²) in [7, 11) is 7.83. The molecule has 0 spiro atoms. The van der Waals surface area contributed by atoms with E-state index in [2.05, 4.69) is 83.0 Å². The summed E-state index contributed by atoms with van der Waals surface area (Å²) in [6.07, 6.45) is 3.79. The number of benzene rings is 2. The SMILES string of the molecule is CC[C@H](C)[C@@H]([C@@H](CC(=O)N1CCC[C@H]1[C@H](OC)[C@H](C)CN[C@@H](Cc1ccccc1)C(=O)O)OC)N(C)C[C@@H](NC[C@H](C(C)C)N(C)CCc1ccc(O)cc1)C(C)C. The monoisotopic (exact) mass is 810 g/mol. The number of methoxy groups -OCH3 is 2. The van der Waals surface area contributed by atoms with E-state index in [1.54, 1.807) is 26.4 Å². The fourth-order valence-corrected chi connectivity index (χ4v) is 8.96. The third-order valence-electron chi connectivity index (χ3n) is 12.8. The van der Waals surface area contributed by atoms with Gasteiger partial charge in [-0.2, -0.15) is 0 Å². The van der Waals surface area contributed by atoms with Gasteiger partial charge in [-0.15, -0.1) is 0 Å². The third kappa shape index (κ3) is 14.9. The average molecular weight is 810 g/mol. The zero-order valence-electron chi connectivity index (χ0n) is 37.7. The molecule has 3 rings (SSSR count). The van der Waals surface area contributed by atoms with Crippen molar-refractivity contribution >= 4 is 11.9 Å². The van der Waals surface area contributed by atoms with E-state index in [-0.39, 0.29) is 48.6 Å². The topological polar surface area (TPSA) is 127 Å². The van der Waals surface area contributed by atoms with Crippen molar-refractivity contribution in [2.75, 3.05) is 61.0 Å². The molecule has 0 bridgehead atoms. The molecule has 0 radical (unpaired) electrons. The van der Waals surface area contributed by atoms with Crippen molar-refractivity contribution in [3.8, 4) is 5.75 Å². The lowest BCUT2D eigenvalue weighted by Crippen LogP contribution is -2.55. The number of carbonyl (C=O) groups excluding carboxylic acids is 1. The van der Waals surface area contributed by atoms with Crippen molar-refractivity contribution in [2.24, 2.45) is 23.7 Å². The van der Waals surface area contributed by atoms with Crippen LogP contribution in [0.3, 0.4) is 0 Å². The normalized spacial score (nSPS) is 19.0. The molecule has 1 aliphatic heterocycles. The lowest BCUT2D eigenvalue weighted by atomic mass is 9.89. The van der Waals surface area contributed by atoms with Gasteiger partial charge in [-0.25, -0.2) is 0 Å². The Morgan fingerprint density at radius 3 is 2.10 bits per heavy atom. The van der Waals surface area contributed by atoms with Gasteiger partial charge in [0.25, 0.3) is 0 Å². The average Bonchev–Trinajstić information content (AvgIpc) is 3.68. The Kier molecular flexibility index (Phi) is 21.2. The number of carbonyl (C=O) groups is 2. The molecule has 0 aliphatic carbocycles. The first-order valence-electron chi connectivity index (χ1n) is 21.9. The molecule has 58 heavy (non-hydrogen) atoms. The van der Waals surface area contributed by atoms with Gasteiger partial charge in [0.05, 0.1) is 24.7 Å². The van der Waals surface area contributed by atoms with Gasteiger partial charge in [-0.1, -0.05) is 97.4 Å². The minimum absolute atomic E-state index is 0.0203. The highest BCUT2D eigenvalue weighted by Crippen LogP contribution is 2.29. The van der Waals surface area contributed by atoms with Crippen molar-refractivity contribution in [3.63, 3.8) is 0 Å². The van der Waals surface area contributed by atoms with Crippen molar-refractivity contribution in [3.05, 3.63) is 65.7 Å². The number of likely N-dealkylation sites (tertiary alicyclic amines) is 1. The number of amides is 1. The van der Waals surface area contributed by atoms with Crippen LogP contribution >= 0.6 is 0 Å². The van der Waals surface area contributed by atoms with Crippen molar-refractivity contribution in [1.29, 1.82) is 0 Å². The Bertz CT molecular complexity index is 1460. The fraction of sp³-hybridized carbons (Fsp3) is 0.702. The van der Waals surface area contributed by atoms with Crippen LogP contribution in [0.4, 0.5) is 0 Å². The first-order valence-corrected chi connectivity index (χ1v) is 21.9. The fourth-order valence-electron chi connectivity index (χ4n) is 8.96. The zero-order chi connectivity index (χ0) is 42.9. The van der Waals surface area contributed by atoms with Crippen LogP contribution in [0, 0.1) is 23.7 Å². The van der Waals surface area contributed by atoms with Crippen molar-refractivity contribution in [1.82, 2.24) is 25.3 Å². The maximum atomic E-state index is 14.3. The molecule has 1 saturated heterocycles. The maximum Gasteiger partial charge on any atom is 0.321 e. The van der Waals surface area contributed by atoms with Crippen LogP contribution in [0.1, 0.15) is 85.3 Å². The molecule has 0 unspecified atom stereocenters. The standard InChI is InChI=1S/C47H79N5O6/c1-12-34(6)45(51(9)31-40(32(2)3)49-30-42(33(4)5)50(8)26-24-36-20-22-38(53)23-21-36)43(57-10)28-44(54)52-25-16-19-41(52)46(58-11)35(7)29-48-39(47(55)56)27-37-17-14-13-15-18-37/h13-15,17-18,20-23,32-35,39-43,45-46,48-49,53H,12,16,19,24-31H2,1-11H3,(H,55,56)/t34-,35+,39-,40+,41-,42+,43+,45-,46+/m0/s1. The van der Waals surface area contributed by atoms with Gasteiger partial charge < -0.3 is 40.1 Å². The maximum absolute atomic E-state index is 14.3. The second kappa shape index (κ2) is 24.9. The number of hydrogen-bond donors (Lipinski definition) is 4. The number of likely N-dealkylation sites (N-methyl/N-ethyl adjacent to an activating group) is 2. The van der Waals surface area contributed by atoms with E-state index < -0.39 is 12.0 Å². The summed E-state index contributed by atoms with van der Waals surface area (Å²) >= 11 is 0. The quantitative estimate of drug-likeness (QED) is 0.0831. The number of hydrogen-bond acceptors (Lipinski definition) is 9. The number of ether oxygens (including phenoxy) is 2. The Hall–Kier alpha value is -3.06. The number of nitrogens with one attached hydrogen (secondary N) is 2. The molecule has 1 amide bonds. The molecule has 11 heteroatoms.